The van der Waals surface area contributed by atoms with Crippen molar-refractivity contribution in [3.05, 3.63) is 0 Å². The molecule has 1 unspecified atom stereocenters. The van der Waals surface area contributed by atoms with E-state index >= 15 is 0 Å². The highest BCUT2D eigenvalue weighted by Gasteiger charge is 2.01. The Morgan fingerprint density at radius 1 is 1.38 bits per heavy atom. The highest BCUT2D eigenvalue weighted by molar-refractivity contribution is 5.56. The van der Waals surface area contributed by atoms with Crippen LogP contribution in [0.2, 0.25) is 0 Å². The molecule has 8 heavy (non-hydrogen) atoms. The van der Waals surface area contributed by atoms with Crippen molar-refractivity contribution < 1.29 is 9.53 Å². The summed E-state index contributed by atoms with van der Waals surface area (Å²) < 4.78 is 4.98. The zero-order valence-electron chi connectivity index (χ0n) is 5.47. The van der Waals surface area contributed by atoms with Gasteiger partial charge in [0.15, 0.2) is 0 Å². The summed E-state index contributed by atoms with van der Waals surface area (Å²) in [4.78, 5) is 9.79. The summed E-state index contributed by atoms with van der Waals surface area (Å²) in [5, 5.41) is 0. The lowest BCUT2D eigenvalue weighted by Crippen LogP contribution is -2.14. The highest BCUT2D eigenvalue weighted by Crippen LogP contribution is 1.92. The number of hydrogen-bond donors (Lipinski definition) is 0. The van der Waals surface area contributed by atoms with Crippen LogP contribution in [-0.4, -0.2) is 18.5 Å². The quantitative estimate of drug-likeness (QED) is 0.546. The first kappa shape index (κ1) is 7.63. The highest BCUT2D eigenvalue weighted by atomic mass is 16.5. The molecule has 47 valence electrons. The Balaban J connectivity index is 3.23. The molecule has 1 atom stereocenters. The van der Waals surface area contributed by atoms with Gasteiger partial charge in [-0.2, -0.15) is 0 Å². The molecule has 0 fully saturated rings. The van der Waals surface area contributed by atoms with E-state index in [4.69, 9.17) is 4.74 Å². The Morgan fingerprint density at radius 2 is 1.88 bits per heavy atom. The van der Waals surface area contributed by atoms with Gasteiger partial charge in [0.05, 0.1) is 6.10 Å². The fourth-order valence-corrected chi connectivity index (χ4v) is 0.436. The Labute approximate surface area is 49.8 Å². The molecule has 0 aliphatic carbocycles. The summed E-state index contributed by atoms with van der Waals surface area (Å²) in [5.41, 5.74) is 0. The van der Waals surface area contributed by atoms with Crippen molar-refractivity contribution in [3.8, 4) is 0 Å². The molecule has 0 aliphatic rings. The predicted molar refractivity (Wildman–Crippen MR) is 31.4 cm³/mol. The first-order chi connectivity index (χ1) is 3.66. The number of rotatable bonds is 3. The molecular formula is C6H11O2. The van der Waals surface area contributed by atoms with Crippen molar-refractivity contribution >= 4 is 6.29 Å². The zero-order chi connectivity index (χ0) is 6.57. The van der Waals surface area contributed by atoms with Gasteiger partial charge in [0.2, 0.25) is 6.29 Å². The number of ether oxygens (including phenoxy) is 1. The van der Waals surface area contributed by atoms with Crippen LogP contribution in [0.25, 0.3) is 0 Å². The molecule has 0 saturated carbocycles. The molecule has 0 bridgehead atoms. The van der Waals surface area contributed by atoms with Crippen LogP contribution in [0.15, 0.2) is 0 Å². The number of carbonyl (C=O) groups excluding carboxylic acids is 1. The van der Waals surface area contributed by atoms with Gasteiger partial charge in [-0.05, 0) is 20.8 Å². The van der Waals surface area contributed by atoms with E-state index in [9.17, 15) is 4.79 Å². The molecule has 0 aromatic heterocycles. The van der Waals surface area contributed by atoms with Crippen molar-refractivity contribution in [1.82, 2.24) is 0 Å². The first-order valence-corrected chi connectivity index (χ1v) is 2.70. The fraction of sp³-hybridized carbons (Fsp3) is 0.833. The van der Waals surface area contributed by atoms with E-state index in [0.717, 1.165) is 0 Å². The van der Waals surface area contributed by atoms with Gasteiger partial charge >= 0.3 is 0 Å². The Bertz CT molecular complexity index is 68.9. The minimum Gasteiger partial charge on any atom is -0.368 e. The van der Waals surface area contributed by atoms with E-state index < -0.39 is 0 Å². The lowest BCUT2D eigenvalue weighted by molar-refractivity contribution is 0.0552. The standard InChI is InChI=1S/C6H11O2/c1-5(2)8-6(3)4-7/h5-6H,1-3H3. The lowest BCUT2D eigenvalue weighted by Gasteiger charge is -2.07. The van der Waals surface area contributed by atoms with Crippen LogP contribution in [0.4, 0.5) is 0 Å². The Morgan fingerprint density at radius 3 is 2.00 bits per heavy atom. The third kappa shape index (κ3) is 3.81. The first-order valence-electron chi connectivity index (χ1n) is 2.70. The number of hydrogen-bond acceptors (Lipinski definition) is 2. The maximum Gasteiger partial charge on any atom is 0.229 e. The average Bonchev–Trinajstić information content (AvgIpc) is 1.65. The second kappa shape index (κ2) is 3.61. The van der Waals surface area contributed by atoms with Gasteiger partial charge in [-0.25, -0.2) is 0 Å². The molecule has 0 N–H and O–H groups in total. The second-order valence-corrected chi connectivity index (χ2v) is 1.94. The largest absolute Gasteiger partial charge is 0.368 e. The van der Waals surface area contributed by atoms with Crippen LogP contribution in [0.3, 0.4) is 0 Å². The molecule has 0 heterocycles. The lowest BCUT2D eigenvalue weighted by atomic mass is 10.4. The molecule has 0 amide bonds. The van der Waals surface area contributed by atoms with E-state index in [0.29, 0.717) is 0 Å². The molecule has 2 nitrogen and oxygen atoms in total. The topological polar surface area (TPSA) is 26.3 Å². The molecule has 0 saturated heterocycles. The fourth-order valence-electron chi connectivity index (χ4n) is 0.436. The van der Waals surface area contributed by atoms with Crippen LogP contribution in [0.1, 0.15) is 20.8 Å². The minimum absolute atomic E-state index is 0.117. The Hall–Kier alpha value is -0.370. The third-order valence-electron chi connectivity index (χ3n) is 0.642. The average molecular weight is 115 g/mol. The van der Waals surface area contributed by atoms with E-state index in [-0.39, 0.29) is 12.2 Å². The molecular weight excluding hydrogens is 104 g/mol. The van der Waals surface area contributed by atoms with Crippen LogP contribution < -0.4 is 0 Å². The zero-order valence-corrected chi connectivity index (χ0v) is 5.47. The summed E-state index contributed by atoms with van der Waals surface area (Å²) in [6.07, 6.45) is 1.46. The van der Waals surface area contributed by atoms with Gasteiger partial charge in [-0.15, -0.1) is 0 Å². The summed E-state index contributed by atoms with van der Waals surface area (Å²) in [5.74, 6) is 0. The van der Waals surface area contributed by atoms with Crippen molar-refractivity contribution in [2.24, 2.45) is 0 Å². The van der Waals surface area contributed by atoms with Crippen LogP contribution in [0, 0.1) is 0 Å². The monoisotopic (exact) mass is 115 g/mol. The van der Waals surface area contributed by atoms with Crippen LogP contribution in [-0.2, 0) is 9.53 Å². The van der Waals surface area contributed by atoms with Gasteiger partial charge < -0.3 is 4.74 Å². The molecule has 1 radical (unpaired) electrons. The predicted octanol–water partition coefficient (Wildman–Crippen LogP) is 0.910. The van der Waals surface area contributed by atoms with Gasteiger partial charge in [0.25, 0.3) is 0 Å². The van der Waals surface area contributed by atoms with Crippen molar-refractivity contribution in [2.45, 2.75) is 33.0 Å². The van der Waals surface area contributed by atoms with Gasteiger partial charge in [0, 0.05) is 0 Å². The maximum atomic E-state index is 9.79. The minimum atomic E-state index is -0.380. The summed E-state index contributed by atoms with van der Waals surface area (Å²) in [6.45, 7) is 5.44. The Kier molecular flexibility index (Phi) is 3.44. The van der Waals surface area contributed by atoms with E-state index in [2.05, 4.69) is 0 Å². The van der Waals surface area contributed by atoms with Crippen molar-refractivity contribution in [1.29, 1.82) is 0 Å². The second-order valence-electron chi connectivity index (χ2n) is 1.94. The molecule has 0 aromatic rings. The normalized spacial score (nSPS) is 14.0. The maximum absolute atomic E-state index is 9.79. The van der Waals surface area contributed by atoms with E-state index in [1.54, 1.807) is 13.2 Å². The van der Waals surface area contributed by atoms with Gasteiger partial charge in [-0.1, -0.05) is 0 Å². The summed E-state index contributed by atoms with van der Waals surface area (Å²) in [6, 6.07) is 0. The molecule has 0 spiro atoms. The smallest absolute Gasteiger partial charge is 0.229 e. The molecule has 2 heteroatoms. The van der Waals surface area contributed by atoms with Crippen molar-refractivity contribution in [2.75, 3.05) is 0 Å². The molecule has 0 aromatic carbocycles. The van der Waals surface area contributed by atoms with E-state index in [1.165, 1.54) is 0 Å². The van der Waals surface area contributed by atoms with Crippen molar-refractivity contribution in [3.63, 3.8) is 0 Å². The summed E-state index contributed by atoms with van der Waals surface area (Å²) >= 11 is 0. The van der Waals surface area contributed by atoms with E-state index in [1.807, 2.05) is 13.8 Å². The van der Waals surface area contributed by atoms with Gasteiger partial charge in [0.1, 0.15) is 6.10 Å². The van der Waals surface area contributed by atoms with Crippen LogP contribution >= 0.6 is 0 Å². The van der Waals surface area contributed by atoms with Crippen LogP contribution in [0.5, 0.6) is 0 Å². The summed E-state index contributed by atoms with van der Waals surface area (Å²) in [7, 11) is 0. The SMILES string of the molecule is CC(C)OC(C)[C]=O. The molecule has 0 rings (SSSR count). The molecule has 0 aliphatic heterocycles. The third-order valence-corrected chi connectivity index (χ3v) is 0.642. The van der Waals surface area contributed by atoms with Gasteiger partial charge in [-0.3, -0.25) is 4.79 Å².